The molecular formula is C23H25NO5. The number of amides is 1. The largest absolute Gasteiger partial charge is 0.491 e. The van der Waals surface area contributed by atoms with E-state index in [0.717, 1.165) is 44.4 Å². The molecule has 6 heteroatoms. The molecule has 1 saturated heterocycles. The molecule has 29 heavy (non-hydrogen) atoms. The highest BCUT2D eigenvalue weighted by Gasteiger charge is 2.17. The summed E-state index contributed by atoms with van der Waals surface area (Å²) in [4.78, 5) is 24.3. The molecule has 1 heterocycles. The van der Waals surface area contributed by atoms with Crippen LogP contribution in [-0.4, -0.2) is 37.8 Å². The van der Waals surface area contributed by atoms with Crippen molar-refractivity contribution in [2.45, 2.75) is 38.2 Å². The van der Waals surface area contributed by atoms with Gasteiger partial charge in [0.2, 0.25) is 0 Å². The number of hydrogen-bond acceptors (Lipinski definition) is 5. The molecule has 2 aromatic carbocycles. The summed E-state index contributed by atoms with van der Waals surface area (Å²) in [5.41, 5.74) is 3.73. The lowest BCUT2D eigenvalue weighted by Crippen LogP contribution is -2.21. The zero-order chi connectivity index (χ0) is 20.1. The van der Waals surface area contributed by atoms with E-state index in [4.69, 9.17) is 14.2 Å². The second kappa shape index (κ2) is 9.09. The second-order valence-corrected chi connectivity index (χ2v) is 7.43. The van der Waals surface area contributed by atoms with Crippen molar-refractivity contribution in [2.24, 2.45) is 0 Å². The molecule has 2 aliphatic rings. The molecule has 0 radical (unpaired) electrons. The summed E-state index contributed by atoms with van der Waals surface area (Å²) < 4.78 is 16.3. The minimum atomic E-state index is -0.542. The van der Waals surface area contributed by atoms with Crippen LogP contribution in [0.1, 0.15) is 40.7 Å². The first kappa shape index (κ1) is 19.5. The van der Waals surface area contributed by atoms with Gasteiger partial charge in [-0.25, -0.2) is 4.79 Å². The highest BCUT2D eigenvalue weighted by atomic mass is 16.5. The molecule has 0 unspecified atom stereocenters. The molecule has 0 spiro atoms. The molecule has 1 fully saturated rings. The summed E-state index contributed by atoms with van der Waals surface area (Å²) in [5, 5.41) is 2.78. The van der Waals surface area contributed by atoms with Gasteiger partial charge in [-0.2, -0.15) is 0 Å². The third-order valence-electron chi connectivity index (χ3n) is 5.27. The predicted octanol–water partition coefficient (Wildman–Crippen LogP) is 3.53. The molecule has 1 N–H and O–H groups in total. The predicted molar refractivity (Wildman–Crippen MR) is 108 cm³/mol. The van der Waals surface area contributed by atoms with Crippen LogP contribution >= 0.6 is 0 Å². The van der Waals surface area contributed by atoms with Gasteiger partial charge in [0.15, 0.2) is 6.61 Å². The van der Waals surface area contributed by atoms with Gasteiger partial charge in [-0.05, 0) is 79.6 Å². The van der Waals surface area contributed by atoms with Gasteiger partial charge in [0.1, 0.15) is 12.4 Å². The van der Waals surface area contributed by atoms with Gasteiger partial charge in [0, 0.05) is 12.3 Å². The highest BCUT2D eigenvalue weighted by Crippen LogP contribution is 2.25. The fraction of sp³-hybridized carbons (Fsp3) is 0.391. The lowest BCUT2D eigenvalue weighted by molar-refractivity contribution is -0.119. The fourth-order valence-electron chi connectivity index (χ4n) is 3.71. The zero-order valence-corrected chi connectivity index (χ0v) is 16.3. The SMILES string of the molecule is O=C(COC(=O)c1ccc(OC[C@H]2CCCO2)cc1)Nc1ccc2c(c1)CCC2. The first-order valence-electron chi connectivity index (χ1n) is 10.1. The van der Waals surface area contributed by atoms with Crippen molar-refractivity contribution in [1.82, 2.24) is 0 Å². The topological polar surface area (TPSA) is 73.9 Å². The van der Waals surface area contributed by atoms with Gasteiger partial charge < -0.3 is 19.5 Å². The van der Waals surface area contributed by atoms with Crippen LogP contribution in [0.3, 0.4) is 0 Å². The van der Waals surface area contributed by atoms with Crippen molar-refractivity contribution in [1.29, 1.82) is 0 Å². The van der Waals surface area contributed by atoms with Crippen molar-refractivity contribution in [2.75, 3.05) is 25.1 Å². The third kappa shape index (κ3) is 5.15. The number of hydrogen-bond donors (Lipinski definition) is 1. The van der Waals surface area contributed by atoms with E-state index in [9.17, 15) is 9.59 Å². The Morgan fingerprint density at radius 1 is 1.03 bits per heavy atom. The summed E-state index contributed by atoms with van der Waals surface area (Å²) in [6.07, 6.45) is 5.52. The summed E-state index contributed by atoms with van der Waals surface area (Å²) in [6, 6.07) is 12.6. The van der Waals surface area contributed by atoms with Crippen LogP contribution in [0.4, 0.5) is 5.69 Å². The number of rotatable bonds is 7. The van der Waals surface area contributed by atoms with E-state index in [1.165, 1.54) is 11.1 Å². The van der Waals surface area contributed by atoms with Crippen LogP contribution in [0.15, 0.2) is 42.5 Å². The number of anilines is 1. The number of carbonyl (C=O) groups excluding carboxylic acids is 2. The molecular weight excluding hydrogens is 370 g/mol. The van der Waals surface area contributed by atoms with Gasteiger partial charge in [0.05, 0.1) is 11.7 Å². The standard InChI is InChI=1S/C23H25NO5/c25-22(24-19-9-6-16-3-1-4-18(16)13-19)15-29-23(26)17-7-10-20(11-8-17)28-14-21-5-2-12-27-21/h6-11,13,21H,1-5,12,14-15H2,(H,24,25)/t21-/m1/s1. The maximum Gasteiger partial charge on any atom is 0.338 e. The van der Waals surface area contributed by atoms with Crippen LogP contribution < -0.4 is 10.1 Å². The number of ether oxygens (including phenoxy) is 3. The van der Waals surface area contributed by atoms with Gasteiger partial charge in [0.25, 0.3) is 5.91 Å². The van der Waals surface area contributed by atoms with Crippen LogP contribution in [0.5, 0.6) is 5.75 Å². The molecule has 4 rings (SSSR count). The second-order valence-electron chi connectivity index (χ2n) is 7.43. The van der Waals surface area contributed by atoms with Gasteiger partial charge in [-0.1, -0.05) is 6.07 Å². The molecule has 1 atom stereocenters. The molecule has 1 amide bonds. The summed E-state index contributed by atoms with van der Waals surface area (Å²) in [7, 11) is 0. The molecule has 1 aliphatic carbocycles. The Morgan fingerprint density at radius 2 is 1.86 bits per heavy atom. The maximum absolute atomic E-state index is 12.2. The Kier molecular flexibility index (Phi) is 6.10. The number of carbonyl (C=O) groups is 2. The van der Waals surface area contributed by atoms with Gasteiger partial charge in [-0.15, -0.1) is 0 Å². The van der Waals surface area contributed by atoms with Crippen LogP contribution in [-0.2, 0) is 27.1 Å². The molecule has 152 valence electrons. The van der Waals surface area contributed by atoms with Crippen molar-refractivity contribution < 1.29 is 23.8 Å². The van der Waals surface area contributed by atoms with E-state index in [-0.39, 0.29) is 18.6 Å². The molecule has 1 aliphatic heterocycles. The van der Waals surface area contributed by atoms with Crippen molar-refractivity contribution in [3.05, 3.63) is 59.2 Å². The molecule has 0 aromatic heterocycles. The average Bonchev–Trinajstić information content (AvgIpc) is 3.42. The smallest absolute Gasteiger partial charge is 0.338 e. The Balaban J connectivity index is 1.23. The number of fused-ring (bicyclic) bond motifs is 1. The summed E-state index contributed by atoms with van der Waals surface area (Å²) in [5.74, 6) is -0.223. The number of aryl methyl sites for hydroxylation is 2. The molecule has 6 nitrogen and oxygen atoms in total. The summed E-state index contributed by atoms with van der Waals surface area (Å²) in [6.45, 7) is 0.971. The minimum absolute atomic E-state index is 0.142. The Bertz CT molecular complexity index is 871. The van der Waals surface area contributed by atoms with Crippen LogP contribution in [0.25, 0.3) is 0 Å². The van der Waals surface area contributed by atoms with E-state index in [1.54, 1.807) is 24.3 Å². The zero-order valence-electron chi connectivity index (χ0n) is 16.3. The average molecular weight is 395 g/mol. The van der Waals surface area contributed by atoms with Crippen molar-refractivity contribution >= 4 is 17.6 Å². The third-order valence-corrected chi connectivity index (χ3v) is 5.27. The van der Waals surface area contributed by atoms with E-state index >= 15 is 0 Å². The lowest BCUT2D eigenvalue weighted by Gasteiger charge is -2.11. The Labute approximate surface area is 170 Å². The van der Waals surface area contributed by atoms with E-state index in [2.05, 4.69) is 5.32 Å². The summed E-state index contributed by atoms with van der Waals surface area (Å²) >= 11 is 0. The van der Waals surface area contributed by atoms with Crippen LogP contribution in [0.2, 0.25) is 0 Å². The van der Waals surface area contributed by atoms with Gasteiger partial charge in [-0.3, -0.25) is 4.79 Å². The number of esters is 1. The number of benzene rings is 2. The van der Waals surface area contributed by atoms with Gasteiger partial charge >= 0.3 is 5.97 Å². The number of nitrogens with one attached hydrogen (secondary N) is 1. The van der Waals surface area contributed by atoms with Crippen molar-refractivity contribution in [3.8, 4) is 5.75 Å². The first-order valence-corrected chi connectivity index (χ1v) is 10.1. The minimum Gasteiger partial charge on any atom is -0.491 e. The highest BCUT2D eigenvalue weighted by molar-refractivity contribution is 5.95. The maximum atomic E-state index is 12.2. The van der Waals surface area contributed by atoms with E-state index in [1.807, 2.05) is 18.2 Å². The monoisotopic (exact) mass is 395 g/mol. The lowest BCUT2D eigenvalue weighted by atomic mass is 10.1. The van der Waals surface area contributed by atoms with Crippen LogP contribution in [0, 0.1) is 0 Å². The Hall–Kier alpha value is -2.86. The fourth-order valence-corrected chi connectivity index (χ4v) is 3.71. The first-order chi connectivity index (χ1) is 14.2. The normalized spacial score (nSPS) is 17.6. The molecule has 0 bridgehead atoms. The Morgan fingerprint density at radius 3 is 2.66 bits per heavy atom. The quantitative estimate of drug-likeness (QED) is 0.726. The van der Waals surface area contributed by atoms with E-state index < -0.39 is 5.97 Å². The molecule has 2 aromatic rings. The van der Waals surface area contributed by atoms with E-state index in [0.29, 0.717) is 17.9 Å². The van der Waals surface area contributed by atoms with Crippen molar-refractivity contribution in [3.63, 3.8) is 0 Å². The molecule has 0 saturated carbocycles.